The molecule has 2 N–H and O–H groups in total. The third-order valence-electron chi connectivity index (χ3n) is 4.24. The monoisotopic (exact) mass is 338 g/mol. The summed E-state index contributed by atoms with van der Waals surface area (Å²) >= 11 is 0. The van der Waals surface area contributed by atoms with Crippen molar-refractivity contribution in [1.29, 1.82) is 0 Å². The van der Waals surface area contributed by atoms with Crippen LogP contribution in [0.4, 0.5) is 5.82 Å². The van der Waals surface area contributed by atoms with E-state index in [1.807, 2.05) is 48.2 Å². The van der Waals surface area contributed by atoms with Crippen LogP contribution in [0.2, 0.25) is 0 Å². The molecule has 0 unspecified atom stereocenters. The normalized spacial score (nSPS) is 17.8. The standard InChI is InChI=1S/C19H22N4O2/c1-14-7-8-17(21-12-14)22-18(24)13-23-10-9-20-19(25)16(23)11-15-5-3-2-4-6-15/h2-8,12,16H,9-11,13H2,1H3,(H,20,25)(H,21,22,24)/t16-/m1/s1. The Labute approximate surface area is 147 Å². The quantitative estimate of drug-likeness (QED) is 0.864. The van der Waals surface area contributed by atoms with Crippen LogP contribution in [0, 0.1) is 6.92 Å². The van der Waals surface area contributed by atoms with Crippen LogP contribution >= 0.6 is 0 Å². The highest BCUT2D eigenvalue weighted by Crippen LogP contribution is 2.12. The van der Waals surface area contributed by atoms with Gasteiger partial charge in [-0.15, -0.1) is 0 Å². The first-order chi connectivity index (χ1) is 12.1. The van der Waals surface area contributed by atoms with Crippen molar-refractivity contribution in [2.45, 2.75) is 19.4 Å². The van der Waals surface area contributed by atoms with Gasteiger partial charge in [-0.3, -0.25) is 14.5 Å². The zero-order valence-electron chi connectivity index (χ0n) is 14.2. The fourth-order valence-electron chi connectivity index (χ4n) is 2.92. The number of rotatable bonds is 5. The smallest absolute Gasteiger partial charge is 0.239 e. The van der Waals surface area contributed by atoms with E-state index < -0.39 is 0 Å². The Bertz CT molecular complexity index is 731. The molecule has 0 saturated carbocycles. The van der Waals surface area contributed by atoms with Gasteiger partial charge in [-0.25, -0.2) is 4.98 Å². The minimum absolute atomic E-state index is 0.0311. The summed E-state index contributed by atoms with van der Waals surface area (Å²) in [6.07, 6.45) is 2.30. The molecule has 0 bridgehead atoms. The van der Waals surface area contributed by atoms with Crippen molar-refractivity contribution in [3.8, 4) is 0 Å². The topological polar surface area (TPSA) is 74.3 Å². The highest BCUT2D eigenvalue weighted by Gasteiger charge is 2.30. The second kappa shape index (κ2) is 7.90. The van der Waals surface area contributed by atoms with Crippen LogP contribution in [0.25, 0.3) is 0 Å². The molecule has 25 heavy (non-hydrogen) atoms. The first kappa shape index (κ1) is 17.1. The van der Waals surface area contributed by atoms with E-state index in [9.17, 15) is 9.59 Å². The maximum absolute atomic E-state index is 12.3. The number of hydrogen-bond acceptors (Lipinski definition) is 4. The van der Waals surface area contributed by atoms with Gasteiger partial charge < -0.3 is 10.6 Å². The van der Waals surface area contributed by atoms with Gasteiger partial charge in [-0.1, -0.05) is 36.4 Å². The van der Waals surface area contributed by atoms with E-state index in [0.29, 0.717) is 25.3 Å². The highest BCUT2D eigenvalue weighted by molar-refractivity contribution is 5.92. The van der Waals surface area contributed by atoms with Crippen LogP contribution in [0.1, 0.15) is 11.1 Å². The molecule has 3 rings (SSSR count). The number of pyridine rings is 1. The Hall–Kier alpha value is -2.73. The zero-order valence-corrected chi connectivity index (χ0v) is 14.2. The molecule has 1 saturated heterocycles. The SMILES string of the molecule is Cc1ccc(NC(=O)CN2CCNC(=O)[C@H]2Cc2ccccc2)nc1. The molecular formula is C19H22N4O2. The van der Waals surface area contributed by atoms with Gasteiger partial charge in [0.25, 0.3) is 0 Å². The van der Waals surface area contributed by atoms with E-state index in [2.05, 4.69) is 15.6 Å². The summed E-state index contributed by atoms with van der Waals surface area (Å²) in [7, 11) is 0. The first-order valence-electron chi connectivity index (χ1n) is 8.40. The molecule has 0 aliphatic carbocycles. The Morgan fingerprint density at radius 2 is 2.08 bits per heavy atom. The molecule has 1 aliphatic rings. The number of aryl methyl sites for hydroxylation is 1. The molecule has 2 amide bonds. The fourth-order valence-corrected chi connectivity index (χ4v) is 2.92. The van der Waals surface area contributed by atoms with Gasteiger partial charge in [0.05, 0.1) is 12.6 Å². The Morgan fingerprint density at radius 1 is 1.28 bits per heavy atom. The van der Waals surface area contributed by atoms with E-state index >= 15 is 0 Å². The number of anilines is 1. The van der Waals surface area contributed by atoms with Crippen LogP contribution in [0.15, 0.2) is 48.7 Å². The molecule has 130 valence electrons. The number of aromatic nitrogens is 1. The minimum atomic E-state index is -0.340. The van der Waals surface area contributed by atoms with Gasteiger partial charge in [-0.2, -0.15) is 0 Å². The van der Waals surface area contributed by atoms with Crippen LogP contribution in [-0.4, -0.2) is 47.4 Å². The lowest BCUT2D eigenvalue weighted by Gasteiger charge is -2.34. The van der Waals surface area contributed by atoms with Gasteiger partial charge in [0, 0.05) is 19.3 Å². The number of benzene rings is 1. The molecule has 1 atom stereocenters. The molecule has 1 aromatic carbocycles. The maximum atomic E-state index is 12.3. The lowest BCUT2D eigenvalue weighted by Crippen LogP contribution is -2.57. The lowest BCUT2D eigenvalue weighted by atomic mass is 10.0. The van der Waals surface area contributed by atoms with Gasteiger partial charge in [0.15, 0.2) is 0 Å². The fraction of sp³-hybridized carbons (Fsp3) is 0.316. The number of hydrogen-bond donors (Lipinski definition) is 2. The maximum Gasteiger partial charge on any atom is 0.239 e. The number of nitrogens with one attached hydrogen (secondary N) is 2. The van der Waals surface area contributed by atoms with Crippen molar-refractivity contribution in [3.63, 3.8) is 0 Å². The van der Waals surface area contributed by atoms with Crippen molar-refractivity contribution < 1.29 is 9.59 Å². The Morgan fingerprint density at radius 3 is 2.80 bits per heavy atom. The van der Waals surface area contributed by atoms with Gasteiger partial charge in [0.1, 0.15) is 5.82 Å². The molecule has 6 nitrogen and oxygen atoms in total. The highest BCUT2D eigenvalue weighted by atomic mass is 16.2. The van der Waals surface area contributed by atoms with Crippen molar-refractivity contribution in [2.24, 2.45) is 0 Å². The number of carbonyl (C=O) groups excluding carboxylic acids is 2. The van der Waals surface area contributed by atoms with Crippen LogP contribution < -0.4 is 10.6 Å². The predicted molar refractivity (Wildman–Crippen MR) is 96.1 cm³/mol. The summed E-state index contributed by atoms with van der Waals surface area (Å²) in [5, 5.41) is 5.68. The average Bonchev–Trinajstić information content (AvgIpc) is 2.61. The molecule has 2 aromatic rings. The minimum Gasteiger partial charge on any atom is -0.353 e. The summed E-state index contributed by atoms with van der Waals surface area (Å²) < 4.78 is 0. The van der Waals surface area contributed by atoms with E-state index in [-0.39, 0.29) is 24.4 Å². The van der Waals surface area contributed by atoms with E-state index in [1.165, 1.54) is 0 Å². The molecule has 1 aromatic heterocycles. The van der Waals surface area contributed by atoms with Gasteiger partial charge in [0.2, 0.25) is 11.8 Å². The number of piperazine rings is 1. The second-order valence-electron chi connectivity index (χ2n) is 6.24. The van der Waals surface area contributed by atoms with Crippen molar-refractivity contribution in [3.05, 3.63) is 59.8 Å². The summed E-state index contributed by atoms with van der Waals surface area (Å²) in [6, 6.07) is 13.2. The second-order valence-corrected chi connectivity index (χ2v) is 6.24. The number of nitrogens with zero attached hydrogens (tertiary/aromatic N) is 2. The third-order valence-corrected chi connectivity index (χ3v) is 4.24. The Balaban J connectivity index is 1.64. The molecular weight excluding hydrogens is 316 g/mol. The Kier molecular flexibility index (Phi) is 5.40. The predicted octanol–water partition coefficient (Wildman–Crippen LogP) is 1.37. The number of carbonyl (C=O) groups is 2. The van der Waals surface area contributed by atoms with Crippen LogP contribution in [0.5, 0.6) is 0 Å². The van der Waals surface area contributed by atoms with Gasteiger partial charge >= 0.3 is 0 Å². The molecule has 6 heteroatoms. The summed E-state index contributed by atoms with van der Waals surface area (Å²) in [5.74, 6) is 0.331. The van der Waals surface area contributed by atoms with E-state index in [0.717, 1.165) is 11.1 Å². The molecule has 1 aliphatic heterocycles. The summed E-state index contributed by atoms with van der Waals surface area (Å²) in [5.41, 5.74) is 2.11. The summed E-state index contributed by atoms with van der Waals surface area (Å²) in [4.78, 5) is 30.7. The van der Waals surface area contributed by atoms with Crippen LogP contribution in [-0.2, 0) is 16.0 Å². The van der Waals surface area contributed by atoms with Crippen LogP contribution in [0.3, 0.4) is 0 Å². The molecule has 0 spiro atoms. The molecule has 2 heterocycles. The third kappa shape index (κ3) is 4.64. The van der Waals surface area contributed by atoms with Crippen molar-refractivity contribution >= 4 is 17.6 Å². The number of amides is 2. The van der Waals surface area contributed by atoms with Gasteiger partial charge in [-0.05, 0) is 30.5 Å². The lowest BCUT2D eigenvalue weighted by molar-refractivity contribution is -0.130. The summed E-state index contributed by atoms with van der Waals surface area (Å²) in [6.45, 7) is 3.32. The van der Waals surface area contributed by atoms with E-state index in [4.69, 9.17) is 0 Å². The average molecular weight is 338 g/mol. The van der Waals surface area contributed by atoms with E-state index in [1.54, 1.807) is 12.3 Å². The molecule has 1 fully saturated rings. The first-order valence-corrected chi connectivity index (χ1v) is 8.40. The van der Waals surface area contributed by atoms with Crippen molar-refractivity contribution in [2.75, 3.05) is 25.0 Å². The largest absolute Gasteiger partial charge is 0.353 e. The molecule has 0 radical (unpaired) electrons. The zero-order chi connectivity index (χ0) is 17.6. The van der Waals surface area contributed by atoms with Crippen molar-refractivity contribution in [1.82, 2.24) is 15.2 Å².